The number of fused-ring (bicyclic) bond motifs is 1. The number of benzene rings is 2. The van der Waals surface area contributed by atoms with Crippen molar-refractivity contribution < 1.29 is 13.6 Å². The molecule has 1 aliphatic rings. The zero-order valence-electron chi connectivity index (χ0n) is 13.6. The number of carbonyl (C=O) groups excluding carboxylic acids is 1. The molecule has 0 atom stereocenters. The predicted molar refractivity (Wildman–Crippen MR) is 93.5 cm³/mol. The van der Waals surface area contributed by atoms with Gasteiger partial charge in [0, 0.05) is 18.3 Å². The summed E-state index contributed by atoms with van der Waals surface area (Å²) in [4.78, 5) is 22.4. The predicted octanol–water partition coefficient (Wildman–Crippen LogP) is 3.70. The van der Waals surface area contributed by atoms with Crippen molar-refractivity contribution in [2.45, 2.75) is 6.42 Å². The first-order valence-electron chi connectivity index (χ1n) is 8.06. The van der Waals surface area contributed by atoms with Gasteiger partial charge in [-0.25, -0.2) is 18.7 Å². The molecular formula is C19H14F2N4O. The van der Waals surface area contributed by atoms with Crippen LogP contribution in [0.2, 0.25) is 0 Å². The summed E-state index contributed by atoms with van der Waals surface area (Å²) in [6.07, 6.45) is 1.97. The topological polar surface area (TPSA) is 58.1 Å². The number of amides is 1. The largest absolute Gasteiger partial charge is 0.335 e. The Kier molecular flexibility index (Phi) is 4.04. The van der Waals surface area contributed by atoms with Crippen molar-refractivity contribution in [1.82, 2.24) is 9.97 Å². The van der Waals surface area contributed by atoms with E-state index in [1.165, 1.54) is 18.5 Å². The van der Waals surface area contributed by atoms with Gasteiger partial charge in [0.15, 0.2) is 0 Å². The van der Waals surface area contributed by atoms with E-state index in [0.29, 0.717) is 6.54 Å². The highest BCUT2D eigenvalue weighted by Crippen LogP contribution is 2.29. The van der Waals surface area contributed by atoms with Crippen molar-refractivity contribution in [2.75, 3.05) is 16.8 Å². The van der Waals surface area contributed by atoms with E-state index >= 15 is 0 Å². The third-order valence-electron chi connectivity index (χ3n) is 4.23. The average molecular weight is 352 g/mol. The molecule has 0 radical (unpaired) electrons. The molecule has 0 fully saturated rings. The summed E-state index contributed by atoms with van der Waals surface area (Å²) in [5.74, 6) is -1.64. The molecule has 4 rings (SSSR count). The summed E-state index contributed by atoms with van der Waals surface area (Å²) in [6.45, 7) is 0.562. The van der Waals surface area contributed by atoms with E-state index in [2.05, 4.69) is 15.3 Å². The third-order valence-corrected chi connectivity index (χ3v) is 4.23. The number of para-hydroxylation sites is 2. The fourth-order valence-electron chi connectivity index (χ4n) is 2.98. The van der Waals surface area contributed by atoms with Crippen LogP contribution in [-0.4, -0.2) is 22.4 Å². The number of anilines is 3. The summed E-state index contributed by atoms with van der Waals surface area (Å²) in [6, 6.07) is 12.6. The van der Waals surface area contributed by atoms with E-state index in [1.54, 1.807) is 4.90 Å². The van der Waals surface area contributed by atoms with Crippen LogP contribution in [0.15, 0.2) is 54.9 Å². The lowest BCUT2D eigenvalue weighted by molar-refractivity contribution is 0.0984. The lowest BCUT2D eigenvalue weighted by atomic mass is 10.2. The molecule has 1 aliphatic heterocycles. The molecule has 2 aromatic carbocycles. The van der Waals surface area contributed by atoms with Gasteiger partial charge in [0.05, 0.1) is 0 Å². The third kappa shape index (κ3) is 2.88. The van der Waals surface area contributed by atoms with E-state index in [9.17, 15) is 13.6 Å². The second kappa shape index (κ2) is 6.51. The normalized spacial score (nSPS) is 12.8. The minimum atomic E-state index is -0.745. The Morgan fingerprint density at radius 2 is 1.81 bits per heavy atom. The first-order chi connectivity index (χ1) is 12.6. The molecule has 26 heavy (non-hydrogen) atoms. The van der Waals surface area contributed by atoms with Crippen LogP contribution in [0.5, 0.6) is 0 Å². The van der Waals surface area contributed by atoms with Gasteiger partial charge >= 0.3 is 0 Å². The van der Waals surface area contributed by atoms with E-state index in [0.717, 1.165) is 29.8 Å². The maximum absolute atomic E-state index is 13.8. The number of nitrogens with one attached hydrogen (secondary N) is 1. The van der Waals surface area contributed by atoms with Gasteiger partial charge in [-0.15, -0.1) is 0 Å². The van der Waals surface area contributed by atoms with Gasteiger partial charge in [0.2, 0.25) is 0 Å². The fraction of sp³-hybridized carbons (Fsp3) is 0.105. The van der Waals surface area contributed by atoms with Crippen LogP contribution in [0.1, 0.15) is 16.1 Å². The second-order valence-electron chi connectivity index (χ2n) is 5.85. The summed E-state index contributed by atoms with van der Waals surface area (Å²) < 4.78 is 27.6. The number of hydrogen-bond acceptors (Lipinski definition) is 4. The van der Waals surface area contributed by atoms with E-state index in [4.69, 9.17) is 0 Å². The number of hydrogen-bond donors (Lipinski definition) is 1. The Bertz CT molecular complexity index is 973. The summed E-state index contributed by atoms with van der Waals surface area (Å²) in [5, 5.41) is 2.57. The summed E-state index contributed by atoms with van der Waals surface area (Å²) in [7, 11) is 0. The maximum Gasteiger partial charge on any atom is 0.277 e. The Labute approximate surface area is 148 Å². The zero-order valence-corrected chi connectivity index (χ0v) is 13.6. The van der Waals surface area contributed by atoms with Crippen molar-refractivity contribution in [3.05, 3.63) is 77.8 Å². The van der Waals surface area contributed by atoms with Crippen LogP contribution < -0.4 is 10.2 Å². The van der Waals surface area contributed by atoms with Crippen molar-refractivity contribution in [3.63, 3.8) is 0 Å². The van der Waals surface area contributed by atoms with Gasteiger partial charge in [0.25, 0.3) is 5.91 Å². The molecule has 130 valence electrons. The van der Waals surface area contributed by atoms with Crippen molar-refractivity contribution in [1.29, 1.82) is 0 Å². The SMILES string of the molecule is O=C(c1cc(Nc2c(F)cccc2F)ncn1)N1CCc2ccccc21. The molecule has 1 N–H and O–H groups in total. The van der Waals surface area contributed by atoms with Gasteiger partial charge in [-0.1, -0.05) is 24.3 Å². The number of halogens is 2. The molecule has 5 nitrogen and oxygen atoms in total. The molecule has 7 heteroatoms. The molecule has 0 saturated heterocycles. The van der Waals surface area contributed by atoms with Crippen LogP contribution in [0.4, 0.5) is 26.0 Å². The molecule has 0 aliphatic carbocycles. The number of nitrogens with zero attached hydrogens (tertiary/aromatic N) is 3. The van der Waals surface area contributed by atoms with Crippen molar-refractivity contribution in [3.8, 4) is 0 Å². The second-order valence-corrected chi connectivity index (χ2v) is 5.85. The number of aromatic nitrogens is 2. The average Bonchev–Trinajstić information content (AvgIpc) is 3.09. The molecule has 1 amide bonds. The molecule has 3 aromatic rings. The molecule has 0 unspecified atom stereocenters. The Morgan fingerprint density at radius 3 is 2.62 bits per heavy atom. The standard InChI is InChI=1S/C19H14F2N4O/c20-13-5-3-6-14(21)18(13)24-17-10-15(22-11-23-17)19(26)25-9-8-12-4-1-2-7-16(12)25/h1-7,10-11H,8-9H2,(H,22,23,24). The first-order valence-corrected chi connectivity index (χ1v) is 8.06. The van der Waals surface area contributed by atoms with Crippen molar-refractivity contribution in [2.24, 2.45) is 0 Å². The van der Waals surface area contributed by atoms with Crippen LogP contribution in [0, 0.1) is 11.6 Å². The zero-order chi connectivity index (χ0) is 18.1. The monoisotopic (exact) mass is 352 g/mol. The maximum atomic E-state index is 13.8. The van der Waals surface area contributed by atoms with Crippen LogP contribution >= 0.6 is 0 Å². The lowest BCUT2D eigenvalue weighted by Crippen LogP contribution is -2.29. The highest BCUT2D eigenvalue weighted by atomic mass is 19.1. The minimum absolute atomic E-state index is 0.139. The molecule has 0 bridgehead atoms. The lowest BCUT2D eigenvalue weighted by Gasteiger charge is -2.17. The molecule has 1 aromatic heterocycles. The highest BCUT2D eigenvalue weighted by molar-refractivity contribution is 6.06. The summed E-state index contributed by atoms with van der Waals surface area (Å²) >= 11 is 0. The Balaban J connectivity index is 1.61. The smallest absolute Gasteiger partial charge is 0.277 e. The van der Waals surface area contributed by atoms with Crippen molar-refractivity contribution >= 4 is 23.1 Å². The molecule has 0 spiro atoms. The van der Waals surface area contributed by atoms with E-state index < -0.39 is 11.6 Å². The highest BCUT2D eigenvalue weighted by Gasteiger charge is 2.26. The van der Waals surface area contributed by atoms with Gasteiger partial charge in [-0.3, -0.25) is 4.79 Å². The fourth-order valence-corrected chi connectivity index (χ4v) is 2.98. The minimum Gasteiger partial charge on any atom is -0.335 e. The quantitative estimate of drug-likeness (QED) is 0.781. The van der Waals surface area contributed by atoms with Crippen LogP contribution in [-0.2, 0) is 6.42 Å². The number of carbonyl (C=O) groups is 1. The van der Waals surface area contributed by atoms with Crippen LogP contribution in [0.3, 0.4) is 0 Å². The molecule has 0 saturated carbocycles. The molecule has 2 heterocycles. The van der Waals surface area contributed by atoms with E-state index in [-0.39, 0.29) is 23.1 Å². The molecular weight excluding hydrogens is 338 g/mol. The van der Waals surface area contributed by atoms with Gasteiger partial charge in [0.1, 0.15) is 35.2 Å². The Hall–Kier alpha value is -3.35. The van der Waals surface area contributed by atoms with E-state index in [1.807, 2.05) is 24.3 Å². The first kappa shape index (κ1) is 16.1. The van der Waals surface area contributed by atoms with Crippen LogP contribution in [0.25, 0.3) is 0 Å². The number of rotatable bonds is 3. The van der Waals surface area contributed by atoms with Gasteiger partial charge in [-0.05, 0) is 30.2 Å². The Morgan fingerprint density at radius 1 is 1.04 bits per heavy atom. The van der Waals surface area contributed by atoms with Gasteiger partial charge < -0.3 is 10.2 Å². The summed E-state index contributed by atoms with van der Waals surface area (Å²) in [5.41, 5.74) is 1.78. The van der Waals surface area contributed by atoms with Gasteiger partial charge in [-0.2, -0.15) is 0 Å².